The average molecular weight is 246 g/mol. The summed E-state index contributed by atoms with van der Waals surface area (Å²) in [5.41, 5.74) is 1.98. The molecule has 0 fully saturated rings. The molecule has 1 heterocycles. The minimum atomic E-state index is -0.332. The van der Waals surface area contributed by atoms with Gasteiger partial charge in [0.25, 0.3) is 0 Å². The monoisotopic (exact) mass is 246 g/mol. The number of Topliss-reactive ketones (excluding diaryl/α,β-unsaturated/α-hetero) is 1. The van der Waals surface area contributed by atoms with Gasteiger partial charge in [0.05, 0.1) is 0 Å². The molecule has 0 N–H and O–H groups in total. The van der Waals surface area contributed by atoms with Gasteiger partial charge in [-0.05, 0) is 31.0 Å². The molecule has 3 nitrogen and oxygen atoms in total. The van der Waals surface area contributed by atoms with Crippen LogP contribution in [0.3, 0.4) is 0 Å². The lowest BCUT2D eigenvalue weighted by molar-refractivity contribution is 0.0982. The molecule has 2 aromatic rings. The first kappa shape index (κ1) is 12.5. The fourth-order valence-electron chi connectivity index (χ4n) is 1.80. The third kappa shape index (κ3) is 2.64. The third-order valence-electron chi connectivity index (χ3n) is 3.02. The first-order valence-corrected chi connectivity index (χ1v) is 5.84. The molecule has 0 aliphatic carbocycles. The number of benzene rings is 1. The lowest BCUT2D eigenvalue weighted by Crippen LogP contribution is -2.05. The predicted molar refractivity (Wildman–Crippen MR) is 67.0 cm³/mol. The molecule has 0 aliphatic heterocycles. The number of hydrogen-bond acceptors (Lipinski definition) is 2. The van der Waals surface area contributed by atoms with E-state index in [1.807, 2.05) is 13.1 Å². The smallest absolute Gasteiger partial charge is 0.163 e. The highest BCUT2D eigenvalue weighted by molar-refractivity contribution is 5.96. The van der Waals surface area contributed by atoms with Crippen LogP contribution in [0.2, 0.25) is 0 Å². The Kier molecular flexibility index (Phi) is 3.55. The molecule has 0 unspecified atom stereocenters. The van der Waals surface area contributed by atoms with Crippen molar-refractivity contribution in [2.75, 3.05) is 0 Å². The second-order valence-corrected chi connectivity index (χ2v) is 4.33. The summed E-state index contributed by atoms with van der Waals surface area (Å²) in [6, 6.07) is 6.49. The standard InChI is InChI=1S/C14H15FN2O/c1-10-3-4-11(9-13(10)15)14(18)6-5-12-7-8-16-17(12)2/h3-4,7-9H,5-6H2,1-2H3. The summed E-state index contributed by atoms with van der Waals surface area (Å²) in [5.74, 6) is -0.378. The van der Waals surface area contributed by atoms with E-state index >= 15 is 0 Å². The van der Waals surface area contributed by atoms with Gasteiger partial charge < -0.3 is 0 Å². The number of nitrogens with zero attached hydrogens (tertiary/aromatic N) is 2. The summed E-state index contributed by atoms with van der Waals surface area (Å²) in [4.78, 5) is 11.9. The molecule has 0 amide bonds. The molecular formula is C14H15FN2O. The summed E-state index contributed by atoms with van der Waals surface area (Å²) in [6.45, 7) is 1.68. The van der Waals surface area contributed by atoms with Crippen LogP contribution in [0.25, 0.3) is 0 Å². The Labute approximate surface area is 105 Å². The molecule has 1 aromatic heterocycles. The van der Waals surface area contributed by atoms with Crippen molar-refractivity contribution in [2.24, 2.45) is 7.05 Å². The zero-order chi connectivity index (χ0) is 13.1. The number of rotatable bonds is 4. The van der Waals surface area contributed by atoms with Crippen LogP contribution in [0.1, 0.15) is 28.0 Å². The summed E-state index contributed by atoms with van der Waals surface area (Å²) >= 11 is 0. The molecule has 18 heavy (non-hydrogen) atoms. The van der Waals surface area contributed by atoms with Crippen molar-refractivity contribution >= 4 is 5.78 Å². The van der Waals surface area contributed by atoms with Crippen molar-refractivity contribution in [2.45, 2.75) is 19.8 Å². The quantitative estimate of drug-likeness (QED) is 0.777. The molecule has 94 valence electrons. The van der Waals surface area contributed by atoms with Crippen molar-refractivity contribution in [1.82, 2.24) is 9.78 Å². The van der Waals surface area contributed by atoms with Crippen LogP contribution in [-0.4, -0.2) is 15.6 Å². The number of aryl methyl sites for hydroxylation is 3. The zero-order valence-corrected chi connectivity index (χ0v) is 10.5. The summed E-state index contributed by atoms with van der Waals surface area (Å²) < 4.78 is 15.1. The van der Waals surface area contributed by atoms with E-state index in [4.69, 9.17) is 0 Å². The second kappa shape index (κ2) is 5.12. The van der Waals surface area contributed by atoms with Crippen LogP contribution in [-0.2, 0) is 13.5 Å². The van der Waals surface area contributed by atoms with E-state index in [0.29, 0.717) is 24.0 Å². The van der Waals surface area contributed by atoms with Crippen LogP contribution in [0.5, 0.6) is 0 Å². The van der Waals surface area contributed by atoms with Gasteiger partial charge in [0, 0.05) is 30.9 Å². The number of ketones is 1. The van der Waals surface area contributed by atoms with Crippen LogP contribution in [0.15, 0.2) is 30.5 Å². The Morgan fingerprint density at radius 2 is 2.17 bits per heavy atom. The third-order valence-corrected chi connectivity index (χ3v) is 3.02. The van der Waals surface area contributed by atoms with Crippen molar-refractivity contribution in [3.63, 3.8) is 0 Å². The van der Waals surface area contributed by atoms with Gasteiger partial charge in [-0.3, -0.25) is 9.48 Å². The normalized spacial score (nSPS) is 10.6. The molecule has 0 saturated heterocycles. The van der Waals surface area contributed by atoms with Crippen LogP contribution < -0.4 is 0 Å². The highest BCUT2D eigenvalue weighted by Gasteiger charge is 2.09. The van der Waals surface area contributed by atoms with Gasteiger partial charge >= 0.3 is 0 Å². The minimum absolute atomic E-state index is 0.0462. The van der Waals surface area contributed by atoms with Gasteiger partial charge in [-0.1, -0.05) is 12.1 Å². The van der Waals surface area contributed by atoms with Crippen molar-refractivity contribution in [3.8, 4) is 0 Å². The van der Waals surface area contributed by atoms with Gasteiger partial charge in [0.1, 0.15) is 5.82 Å². The molecular weight excluding hydrogens is 231 g/mol. The lowest BCUT2D eigenvalue weighted by Gasteiger charge is -2.03. The molecule has 4 heteroatoms. The fraction of sp³-hybridized carbons (Fsp3) is 0.286. The molecule has 2 rings (SSSR count). The highest BCUT2D eigenvalue weighted by Crippen LogP contribution is 2.12. The van der Waals surface area contributed by atoms with Gasteiger partial charge in [-0.25, -0.2) is 4.39 Å². The topological polar surface area (TPSA) is 34.9 Å². The number of carbonyl (C=O) groups is 1. The van der Waals surface area contributed by atoms with Crippen molar-refractivity contribution < 1.29 is 9.18 Å². The summed E-state index contributed by atoms with van der Waals surface area (Å²) in [5, 5.41) is 4.04. The molecule has 1 aromatic carbocycles. The van der Waals surface area contributed by atoms with E-state index in [0.717, 1.165) is 5.69 Å². The van der Waals surface area contributed by atoms with Crippen molar-refractivity contribution in [1.29, 1.82) is 0 Å². The van der Waals surface area contributed by atoms with E-state index in [1.54, 1.807) is 29.9 Å². The maximum atomic E-state index is 13.4. The van der Waals surface area contributed by atoms with Crippen LogP contribution >= 0.6 is 0 Å². The number of carbonyl (C=O) groups excluding carboxylic acids is 1. The summed E-state index contributed by atoms with van der Waals surface area (Å²) in [6.07, 6.45) is 2.68. The largest absolute Gasteiger partial charge is 0.294 e. The molecule has 0 aliphatic rings. The SMILES string of the molecule is Cc1ccc(C(=O)CCc2ccnn2C)cc1F. The van der Waals surface area contributed by atoms with Crippen molar-refractivity contribution in [3.05, 3.63) is 53.1 Å². The first-order valence-electron chi connectivity index (χ1n) is 5.84. The molecule has 0 bridgehead atoms. The number of aromatic nitrogens is 2. The Hall–Kier alpha value is -1.97. The Morgan fingerprint density at radius 3 is 2.78 bits per heavy atom. The fourth-order valence-corrected chi connectivity index (χ4v) is 1.80. The molecule has 0 radical (unpaired) electrons. The van der Waals surface area contributed by atoms with Crippen LogP contribution in [0, 0.1) is 12.7 Å². The van der Waals surface area contributed by atoms with E-state index in [2.05, 4.69) is 5.10 Å². The lowest BCUT2D eigenvalue weighted by atomic mass is 10.0. The first-order chi connectivity index (χ1) is 8.58. The van der Waals surface area contributed by atoms with Gasteiger partial charge in [0.2, 0.25) is 0 Å². The maximum absolute atomic E-state index is 13.4. The zero-order valence-electron chi connectivity index (χ0n) is 10.5. The van der Waals surface area contributed by atoms with Gasteiger partial charge in [-0.15, -0.1) is 0 Å². The molecule has 0 spiro atoms. The average Bonchev–Trinajstić information content (AvgIpc) is 2.75. The second-order valence-electron chi connectivity index (χ2n) is 4.33. The Balaban J connectivity index is 2.04. The maximum Gasteiger partial charge on any atom is 0.163 e. The van der Waals surface area contributed by atoms with Gasteiger partial charge in [-0.2, -0.15) is 5.10 Å². The summed E-state index contributed by atoms with van der Waals surface area (Å²) in [7, 11) is 1.84. The van der Waals surface area contributed by atoms with E-state index in [-0.39, 0.29) is 11.6 Å². The van der Waals surface area contributed by atoms with Crippen LogP contribution in [0.4, 0.5) is 4.39 Å². The van der Waals surface area contributed by atoms with Gasteiger partial charge in [0.15, 0.2) is 5.78 Å². The van der Waals surface area contributed by atoms with E-state index in [1.165, 1.54) is 6.07 Å². The number of hydrogen-bond donors (Lipinski definition) is 0. The molecule has 0 atom stereocenters. The predicted octanol–water partition coefficient (Wildman–Crippen LogP) is 2.68. The van der Waals surface area contributed by atoms with E-state index in [9.17, 15) is 9.18 Å². The Bertz CT molecular complexity index is 575. The number of halogens is 1. The highest BCUT2D eigenvalue weighted by atomic mass is 19.1. The van der Waals surface area contributed by atoms with E-state index < -0.39 is 0 Å². The molecule has 0 saturated carbocycles. The Morgan fingerprint density at radius 1 is 1.39 bits per heavy atom. The minimum Gasteiger partial charge on any atom is -0.294 e.